The molecular formula is C35H54N2O3Si. The summed E-state index contributed by atoms with van der Waals surface area (Å²) in [5.74, 6) is 1.31. The van der Waals surface area contributed by atoms with E-state index in [1.165, 1.54) is 16.7 Å². The molecule has 0 saturated heterocycles. The Kier molecular flexibility index (Phi) is 10.4. The molecule has 0 unspecified atom stereocenters. The van der Waals surface area contributed by atoms with Gasteiger partial charge in [0.15, 0.2) is 0 Å². The van der Waals surface area contributed by atoms with Gasteiger partial charge in [0, 0.05) is 23.4 Å². The number of carbonyl (C=O) groups is 1. The van der Waals surface area contributed by atoms with Crippen LogP contribution >= 0.6 is 0 Å². The summed E-state index contributed by atoms with van der Waals surface area (Å²) in [7, 11) is -2.03. The van der Waals surface area contributed by atoms with Gasteiger partial charge in [-0.05, 0) is 98.6 Å². The third kappa shape index (κ3) is 7.57. The van der Waals surface area contributed by atoms with Crippen molar-refractivity contribution in [1.29, 1.82) is 0 Å². The quantitative estimate of drug-likeness (QED) is 0.247. The molecule has 5 nitrogen and oxygen atoms in total. The number of benzene rings is 2. The highest BCUT2D eigenvalue weighted by Crippen LogP contribution is 2.41. The van der Waals surface area contributed by atoms with Crippen LogP contribution in [-0.4, -0.2) is 25.0 Å². The van der Waals surface area contributed by atoms with Crippen molar-refractivity contribution in [3.8, 4) is 11.5 Å². The van der Waals surface area contributed by atoms with E-state index in [1.54, 1.807) is 12.1 Å². The fraction of sp³-hybridized carbons (Fsp3) is 0.571. The molecule has 0 aromatic heterocycles. The highest BCUT2D eigenvalue weighted by molar-refractivity contribution is 6.74. The van der Waals surface area contributed by atoms with Crippen molar-refractivity contribution in [2.75, 3.05) is 4.90 Å². The minimum atomic E-state index is -2.03. The smallest absolute Gasteiger partial charge is 0.258 e. The van der Waals surface area contributed by atoms with Crippen molar-refractivity contribution in [3.05, 3.63) is 64.4 Å². The number of carbonyl (C=O) groups excluding carboxylic acids is 1. The van der Waals surface area contributed by atoms with Crippen molar-refractivity contribution in [2.45, 2.75) is 131 Å². The molecule has 0 spiro atoms. The summed E-state index contributed by atoms with van der Waals surface area (Å²) in [6.45, 7) is 22.2. The van der Waals surface area contributed by atoms with Gasteiger partial charge in [0.2, 0.25) is 0 Å². The van der Waals surface area contributed by atoms with Crippen LogP contribution in [0.4, 0.5) is 5.69 Å². The van der Waals surface area contributed by atoms with Gasteiger partial charge in [-0.1, -0.05) is 72.9 Å². The molecule has 2 aromatic rings. The van der Waals surface area contributed by atoms with Gasteiger partial charge in [-0.15, -0.1) is 0 Å². The van der Waals surface area contributed by atoms with Crippen LogP contribution in [0.3, 0.4) is 0 Å². The number of unbranched alkanes of at least 4 members (excludes halogenated alkanes) is 1. The average Bonchev–Trinajstić information content (AvgIpc) is 2.87. The van der Waals surface area contributed by atoms with Crippen LogP contribution in [0, 0.1) is 0 Å². The first-order valence-corrected chi connectivity index (χ1v) is 18.5. The summed E-state index contributed by atoms with van der Waals surface area (Å²) >= 11 is 0. The number of hydrogen-bond donors (Lipinski definition) is 2. The fourth-order valence-corrected chi connectivity index (χ4v) is 6.47. The maximum atomic E-state index is 14.3. The zero-order valence-electron chi connectivity index (χ0n) is 27.3. The molecule has 1 amide bonds. The topological polar surface area (TPSA) is 61.8 Å². The second kappa shape index (κ2) is 13.1. The molecule has 2 N–H and O–H groups in total. The van der Waals surface area contributed by atoms with Crippen molar-refractivity contribution in [1.82, 2.24) is 5.32 Å². The number of aryl methyl sites for hydroxylation is 2. The number of rotatable bonds is 12. The van der Waals surface area contributed by atoms with E-state index in [9.17, 15) is 9.90 Å². The van der Waals surface area contributed by atoms with Gasteiger partial charge in [-0.3, -0.25) is 9.69 Å². The molecule has 1 aliphatic heterocycles. The maximum Gasteiger partial charge on any atom is 0.258 e. The standard InChI is InChI=1S/C35H54N2O3Si/c1-11-14-17-31-30(33(39)37(35(7,8)36-31)28-18-20-29(38)21-19-28)24-25-22-26(15-12-2)32(27(23-25)16-13-3)40-41(9,10)34(4,5)6/h18-23,36,38H,11-17,24H2,1-10H3. The minimum Gasteiger partial charge on any atom is -0.543 e. The van der Waals surface area contributed by atoms with Crippen molar-refractivity contribution >= 4 is 19.9 Å². The lowest BCUT2D eigenvalue weighted by molar-refractivity contribution is -0.117. The molecule has 6 heteroatoms. The molecule has 0 fully saturated rings. The molecule has 1 heterocycles. The van der Waals surface area contributed by atoms with Crippen LogP contribution in [0.15, 0.2) is 47.7 Å². The number of hydrogen-bond acceptors (Lipinski definition) is 4. The molecule has 0 radical (unpaired) electrons. The van der Waals surface area contributed by atoms with Gasteiger partial charge >= 0.3 is 0 Å². The van der Waals surface area contributed by atoms with Crippen LogP contribution in [0.25, 0.3) is 0 Å². The number of phenols is 1. The largest absolute Gasteiger partial charge is 0.543 e. The van der Waals surface area contributed by atoms with Crippen LogP contribution in [0.2, 0.25) is 18.1 Å². The SMILES string of the molecule is CCCCC1=C(Cc2cc(CCC)c(O[Si](C)(C)C(C)(C)C)c(CCC)c2)C(=O)N(c2ccc(O)cc2)C(C)(C)N1. The normalized spacial score (nSPS) is 15.8. The fourth-order valence-electron chi connectivity index (χ4n) is 5.39. The van der Waals surface area contributed by atoms with E-state index >= 15 is 0 Å². The van der Waals surface area contributed by atoms with Gasteiger partial charge in [-0.2, -0.15) is 0 Å². The van der Waals surface area contributed by atoms with E-state index in [2.05, 4.69) is 72.1 Å². The lowest BCUT2D eigenvalue weighted by atomic mass is 9.91. The number of amides is 1. The predicted molar refractivity (Wildman–Crippen MR) is 175 cm³/mol. The molecule has 0 atom stereocenters. The van der Waals surface area contributed by atoms with Crippen LogP contribution in [0.1, 0.15) is 104 Å². The molecule has 0 bridgehead atoms. The second-order valence-corrected chi connectivity index (χ2v) is 18.4. The zero-order valence-corrected chi connectivity index (χ0v) is 28.3. The number of allylic oxidation sites excluding steroid dienone is 1. The zero-order chi connectivity index (χ0) is 30.6. The van der Waals surface area contributed by atoms with Crippen LogP contribution in [-0.2, 0) is 24.1 Å². The van der Waals surface area contributed by atoms with E-state index in [1.807, 2.05) is 30.9 Å². The number of aromatic hydroxyl groups is 1. The van der Waals surface area contributed by atoms with E-state index in [0.717, 1.165) is 67.7 Å². The Bertz CT molecular complexity index is 1210. The van der Waals surface area contributed by atoms with E-state index < -0.39 is 14.0 Å². The number of anilines is 1. The number of phenolic OH excluding ortho intramolecular Hbond substituents is 1. The first-order chi connectivity index (χ1) is 19.1. The Morgan fingerprint density at radius 3 is 1.98 bits per heavy atom. The minimum absolute atomic E-state index is 0.0289. The lowest BCUT2D eigenvalue weighted by Gasteiger charge is -2.45. The average molecular weight is 579 g/mol. The van der Waals surface area contributed by atoms with Gasteiger partial charge in [0.05, 0.1) is 0 Å². The Labute approximate surface area is 250 Å². The third-order valence-corrected chi connectivity index (χ3v) is 12.9. The molecule has 0 aliphatic carbocycles. The Morgan fingerprint density at radius 2 is 1.49 bits per heavy atom. The summed E-state index contributed by atoms with van der Waals surface area (Å²) in [6, 6.07) is 11.5. The van der Waals surface area contributed by atoms with Crippen molar-refractivity contribution in [2.24, 2.45) is 0 Å². The summed E-state index contributed by atoms with van der Waals surface area (Å²) in [6.07, 6.45) is 7.49. The second-order valence-electron chi connectivity index (χ2n) is 13.7. The van der Waals surface area contributed by atoms with Gasteiger partial charge in [0.1, 0.15) is 17.2 Å². The monoisotopic (exact) mass is 578 g/mol. The summed E-state index contributed by atoms with van der Waals surface area (Å²) < 4.78 is 7.00. The van der Waals surface area contributed by atoms with E-state index in [0.29, 0.717) is 6.42 Å². The molecule has 1 aliphatic rings. The van der Waals surface area contributed by atoms with Crippen molar-refractivity contribution in [3.63, 3.8) is 0 Å². The number of nitrogens with one attached hydrogen (secondary N) is 1. The predicted octanol–water partition coefficient (Wildman–Crippen LogP) is 9.04. The van der Waals surface area contributed by atoms with Gasteiger partial charge in [-0.25, -0.2) is 0 Å². The van der Waals surface area contributed by atoms with Crippen LogP contribution < -0.4 is 14.6 Å². The lowest BCUT2D eigenvalue weighted by Crippen LogP contribution is -2.61. The van der Waals surface area contributed by atoms with Crippen LogP contribution in [0.5, 0.6) is 11.5 Å². The molecule has 226 valence electrons. The van der Waals surface area contributed by atoms with Crippen molar-refractivity contribution < 1.29 is 14.3 Å². The molecule has 2 aromatic carbocycles. The molecule has 0 saturated carbocycles. The highest BCUT2D eigenvalue weighted by atomic mass is 28.4. The molecule has 41 heavy (non-hydrogen) atoms. The Morgan fingerprint density at radius 1 is 0.927 bits per heavy atom. The Hall–Kier alpha value is -2.73. The summed E-state index contributed by atoms with van der Waals surface area (Å²) in [4.78, 5) is 16.2. The summed E-state index contributed by atoms with van der Waals surface area (Å²) in [5, 5.41) is 13.7. The third-order valence-electron chi connectivity index (χ3n) is 8.62. The first kappa shape index (κ1) is 32.8. The number of nitrogens with zero attached hydrogens (tertiary/aromatic N) is 1. The van der Waals surface area contributed by atoms with E-state index in [4.69, 9.17) is 4.43 Å². The first-order valence-electron chi connectivity index (χ1n) is 15.6. The maximum absolute atomic E-state index is 14.3. The van der Waals surface area contributed by atoms with Gasteiger partial charge in [0.25, 0.3) is 14.2 Å². The molecular weight excluding hydrogens is 524 g/mol. The van der Waals surface area contributed by atoms with Gasteiger partial charge < -0.3 is 14.8 Å². The van der Waals surface area contributed by atoms with E-state index in [-0.39, 0.29) is 16.7 Å². The molecule has 3 rings (SSSR count). The summed E-state index contributed by atoms with van der Waals surface area (Å²) in [5.41, 5.74) is 5.75. The highest BCUT2D eigenvalue weighted by Gasteiger charge is 2.41. The Balaban J connectivity index is 2.13.